The molecule has 0 spiro atoms. The molecular weight excluding hydrogens is 144 g/mol. The van der Waals surface area contributed by atoms with Crippen LogP contribution in [0.1, 0.15) is 26.7 Å². The average molecular weight is 160 g/mol. The zero-order valence-electron chi connectivity index (χ0n) is 6.99. The average Bonchev–Trinajstić information content (AvgIpc) is 2.12. The molecule has 0 radical (unpaired) electrons. The van der Waals surface area contributed by atoms with E-state index >= 15 is 0 Å². The monoisotopic (exact) mass is 160 g/mol. The summed E-state index contributed by atoms with van der Waals surface area (Å²) in [6.45, 7) is 2.60. The van der Waals surface area contributed by atoms with Crippen molar-refractivity contribution in [3.05, 3.63) is 12.2 Å². The molecule has 1 unspecified atom stereocenters. The lowest BCUT2D eigenvalue weighted by atomic mass is 10.3. The Hall–Kier alpha value is -0.380. The van der Waals surface area contributed by atoms with Crippen LogP contribution in [0, 0.1) is 0 Å². The van der Waals surface area contributed by atoms with Crippen LogP contribution in [0.2, 0.25) is 0 Å². The van der Waals surface area contributed by atoms with Crippen molar-refractivity contribution >= 4 is 0 Å². The molecule has 0 saturated carbocycles. The van der Waals surface area contributed by atoms with E-state index in [2.05, 4.69) is 0 Å². The van der Waals surface area contributed by atoms with Crippen LogP contribution in [0.4, 0.5) is 0 Å². The molecular formula is C8H16O3. The first kappa shape index (κ1) is 10.6. The fourth-order valence-electron chi connectivity index (χ4n) is 0.617. The fourth-order valence-corrected chi connectivity index (χ4v) is 0.617. The van der Waals surface area contributed by atoms with Gasteiger partial charge < -0.3 is 15.3 Å². The molecule has 11 heavy (non-hydrogen) atoms. The van der Waals surface area contributed by atoms with Gasteiger partial charge in [-0.3, -0.25) is 0 Å². The molecule has 66 valence electrons. The molecule has 0 saturated heterocycles. The van der Waals surface area contributed by atoms with E-state index in [9.17, 15) is 0 Å². The molecule has 1 aliphatic carbocycles. The standard InChI is InChI=1S/C5H8O.C3H8O2/c6-5-3-1-2-4-5;1-3(2,4)5/h1,3,5-6H,2,4H2;4-5H,1-2H3. The molecule has 0 aromatic carbocycles. The molecule has 3 heteroatoms. The Morgan fingerprint density at radius 2 is 1.82 bits per heavy atom. The Morgan fingerprint density at radius 3 is 1.91 bits per heavy atom. The Bertz CT molecular complexity index is 118. The van der Waals surface area contributed by atoms with Crippen LogP contribution in [0.3, 0.4) is 0 Å². The SMILES string of the molecule is CC(C)(O)O.OC1C=CCC1. The molecule has 1 aliphatic rings. The van der Waals surface area contributed by atoms with E-state index in [0.29, 0.717) is 0 Å². The van der Waals surface area contributed by atoms with E-state index in [1.54, 1.807) is 0 Å². The minimum atomic E-state index is -1.50. The van der Waals surface area contributed by atoms with Crippen molar-refractivity contribution in [2.45, 2.75) is 38.6 Å². The van der Waals surface area contributed by atoms with Crippen molar-refractivity contribution < 1.29 is 15.3 Å². The van der Waals surface area contributed by atoms with E-state index in [1.807, 2.05) is 12.2 Å². The predicted molar refractivity (Wildman–Crippen MR) is 42.9 cm³/mol. The summed E-state index contributed by atoms with van der Waals surface area (Å²) in [7, 11) is 0. The molecule has 1 atom stereocenters. The van der Waals surface area contributed by atoms with Gasteiger partial charge in [-0.25, -0.2) is 0 Å². The van der Waals surface area contributed by atoms with E-state index < -0.39 is 5.79 Å². The van der Waals surface area contributed by atoms with Crippen molar-refractivity contribution in [3.8, 4) is 0 Å². The van der Waals surface area contributed by atoms with Crippen LogP contribution in [0.5, 0.6) is 0 Å². The lowest BCUT2D eigenvalue weighted by Crippen LogP contribution is -2.15. The van der Waals surface area contributed by atoms with Crippen molar-refractivity contribution in [2.24, 2.45) is 0 Å². The first-order valence-corrected chi connectivity index (χ1v) is 3.69. The highest BCUT2D eigenvalue weighted by atomic mass is 16.5. The zero-order chi connectivity index (χ0) is 8.91. The van der Waals surface area contributed by atoms with Gasteiger partial charge in [0, 0.05) is 0 Å². The zero-order valence-corrected chi connectivity index (χ0v) is 6.99. The van der Waals surface area contributed by atoms with Crippen molar-refractivity contribution in [1.82, 2.24) is 0 Å². The van der Waals surface area contributed by atoms with Gasteiger partial charge in [0.1, 0.15) is 0 Å². The summed E-state index contributed by atoms with van der Waals surface area (Å²) in [5.74, 6) is -1.50. The molecule has 1 rings (SSSR count). The molecule has 0 aromatic rings. The molecule has 3 N–H and O–H groups in total. The van der Waals surface area contributed by atoms with E-state index in [0.717, 1.165) is 12.8 Å². The maximum Gasteiger partial charge on any atom is 0.156 e. The lowest BCUT2D eigenvalue weighted by molar-refractivity contribution is -0.127. The topological polar surface area (TPSA) is 60.7 Å². The molecule has 0 heterocycles. The minimum Gasteiger partial charge on any atom is -0.389 e. The first-order chi connectivity index (χ1) is 4.89. The van der Waals surface area contributed by atoms with Gasteiger partial charge in [0.15, 0.2) is 5.79 Å². The van der Waals surface area contributed by atoms with Gasteiger partial charge in [0.05, 0.1) is 6.10 Å². The second kappa shape index (κ2) is 4.49. The number of hydrogen-bond acceptors (Lipinski definition) is 3. The van der Waals surface area contributed by atoms with Crippen LogP contribution in [-0.2, 0) is 0 Å². The van der Waals surface area contributed by atoms with Gasteiger partial charge >= 0.3 is 0 Å². The maximum absolute atomic E-state index is 8.64. The number of aliphatic hydroxyl groups excluding tert-OH is 1. The predicted octanol–water partition coefficient (Wildman–Crippen LogP) is 0.404. The summed E-state index contributed by atoms with van der Waals surface area (Å²) in [5.41, 5.74) is 0. The maximum atomic E-state index is 8.64. The third-order valence-electron chi connectivity index (χ3n) is 0.987. The second-order valence-electron chi connectivity index (χ2n) is 3.07. The number of rotatable bonds is 0. The first-order valence-electron chi connectivity index (χ1n) is 3.69. The van der Waals surface area contributed by atoms with Gasteiger partial charge in [0.25, 0.3) is 0 Å². The second-order valence-corrected chi connectivity index (χ2v) is 3.07. The van der Waals surface area contributed by atoms with E-state index in [4.69, 9.17) is 15.3 Å². The van der Waals surface area contributed by atoms with Gasteiger partial charge in [0.2, 0.25) is 0 Å². The van der Waals surface area contributed by atoms with Crippen LogP contribution < -0.4 is 0 Å². The molecule has 0 bridgehead atoms. The van der Waals surface area contributed by atoms with Crippen molar-refractivity contribution in [3.63, 3.8) is 0 Å². The summed E-state index contributed by atoms with van der Waals surface area (Å²) in [6.07, 6.45) is 5.69. The summed E-state index contributed by atoms with van der Waals surface area (Å²) in [4.78, 5) is 0. The molecule has 0 fully saturated rings. The lowest BCUT2D eigenvalue weighted by Gasteiger charge is -2.03. The highest BCUT2D eigenvalue weighted by Gasteiger charge is 2.01. The van der Waals surface area contributed by atoms with Crippen molar-refractivity contribution in [2.75, 3.05) is 0 Å². The van der Waals surface area contributed by atoms with Gasteiger partial charge in [-0.2, -0.15) is 0 Å². The fraction of sp³-hybridized carbons (Fsp3) is 0.750. The molecule has 0 aliphatic heterocycles. The Labute approximate surface area is 67.0 Å². The number of hydrogen-bond donors (Lipinski definition) is 3. The number of allylic oxidation sites excluding steroid dienone is 1. The summed E-state index contributed by atoms with van der Waals surface area (Å²) < 4.78 is 0. The molecule has 0 aromatic heterocycles. The Morgan fingerprint density at radius 1 is 1.36 bits per heavy atom. The Kier molecular flexibility index (Phi) is 4.33. The normalized spacial score (nSPS) is 22.8. The molecule has 3 nitrogen and oxygen atoms in total. The summed E-state index contributed by atoms with van der Waals surface area (Å²) in [6, 6.07) is 0. The van der Waals surface area contributed by atoms with E-state index in [-0.39, 0.29) is 6.10 Å². The highest BCUT2D eigenvalue weighted by molar-refractivity contribution is 4.95. The third kappa shape index (κ3) is 12.7. The van der Waals surface area contributed by atoms with Gasteiger partial charge in [-0.15, -0.1) is 0 Å². The Balaban J connectivity index is 0.000000187. The van der Waals surface area contributed by atoms with E-state index in [1.165, 1.54) is 13.8 Å². The molecule has 0 amide bonds. The van der Waals surface area contributed by atoms with Gasteiger partial charge in [-0.1, -0.05) is 12.2 Å². The van der Waals surface area contributed by atoms with Crippen LogP contribution >= 0.6 is 0 Å². The summed E-state index contributed by atoms with van der Waals surface area (Å²) in [5, 5.41) is 24.8. The minimum absolute atomic E-state index is 0.134. The van der Waals surface area contributed by atoms with Crippen LogP contribution in [-0.4, -0.2) is 27.2 Å². The third-order valence-corrected chi connectivity index (χ3v) is 0.987. The highest BCUT2D eigenvalue weighted by Crippen LogP contribution is 2.06. The van der Waals surface area contributed by atoms with Gasteiger partial charge in [-0.05, 0) is 26.7 Å². The van der Waals surface area contributed by atoms with Crippen molar-refractivity contribution in [1.29, 1.82) is 0 Å². The van der Waals surface area contributed by atoms with Crippen LogP contribution in [0.25, 0.3) is 0 Å². The largest absolute Gasteiger partial charge is 0.389 e. The smallest absolute Gasteiger partial charge is 0.156 e. The summed E-state index contributed by atoms with van der Waals surface area (Å²) >= 11 is 0. The number of aliphatic hydroxyl groups is 3. The quantitative estimate of drug-likeness (QED) is 0.355. The van der Waals surface area contributed by atoms with Crippen LogP contribution in [0.15, 0.2) is 12.2 Å².